The second-order valence-electron chi connectivity index (χ2n) is 4.28. The summed E-state index contributed by atoms with van der Waals surface area (Å²) in [6.07, 6.45) is -0.225. The van der Waals surface area contributed by atoms with Gasteiger partial charge in [-0.1, -0.05) is 0 Å². The van der Waals surface area contributed by atoms with Crippen molar-refractivity contribution >= 4 is 17.7 Å². The lowest BCUT2D eigenvalue weighted by Crippen LogP contribution is -2.51. The Kier molecular flexibility index (Phi) is 5.91. The van der Waals surface area contributed by atoms with Gasteiger partial charge in [0.1, 0.15) is 0 Å². The average Bonchev–Trinajstić information content (AvgIpc) is 2.39. The molecule has 1 amide bonds. The largest absolute Gasteiger partial charge is 0.465 e. The standard InChI is InChI=1S/C12H19NO6/c1-2-19-11(17)12(7-10(16)13-4-5-14)8-18-6-3-9(12)15/h14H,2-8H2,1H3,(H,13,16). The Morgan fingerprint density at radius 2 is 2.26 bits per heavy atom. The summed E-state index contributed by atoms with van der Waals surface area (Å²) in [7, 11) is 0. The van der Waals surface area contributed by atoms with Gasteiger partial charge in [0.15, 0.2) is 11.2 Å². The molecule has 2 N–H and O–H groups in total. The van der Waals surface area contributed by atoms with Crippen LogP contribution in [0.15, 0.2) is 0 Å². The van der Waals surface area contributed by atoms with Gasteiger partial charge in [0, 0.05) is 13.0 Å². The number of Topliss-reactive ketones (excluding diaryl/α,β-unsaturated/α-hetero) is 1. The van der Waals surface area contributed by atoms with Crippen LogP contribution in [0.1, 0.15) is 19.8 Å². The van der Waals surface area contributed by atoms with E-state index in [1.54, 1.807) is 6.92 Å². The Morgan fingerprint density at radius 1 is 1.53 bits per heavy atom. The Morgan fingerprint density at radius 3 is 2.84 bits per heavy atom. The Bertz CT molecular complexity index is 356. The van der Waals surface area contributed by atoms with Crippen LogP contribution in [0, 0.1) is 5.41 Å². The van der Waals surface area contributed by atoms with E-state index in [1.807, 2.05) is 0 Å². The lowest BCUT2D eigenvalue weighted by molar-refractivity contribution is -0.171. The zero-order valence-electron chi connectivity index (χ0n) is 10.9. The minimum atomic E-state index is -1.55. The highest BCUT2D eigenvalue weighted by molar-refractivity contribution is 6.07. The zero-order chi connectivity index (χ0) is 14.3. The van der Waals surface area contributed by atoms with E-state index in [0.29, 0.717) is 0 Å². The number of carbonyl (C=O) groups excluding carboxylic acids is 3. The molecule has 108 valence electrons. The summed E-state index contributed by atoms with van der Waals surface area (Å²) in [5, 5.41) is 11.1. The second kappa shape index (κ2) is 7.20. The first-order chi connectivity index (χ1) is 9.06. The molecule has 0 aromatic carbocycles. The van der Waals surface area contributed by atoms with Crippen LogP contribution in [0.25, 0.3) is 0 Å². The number of aliphatic hydroxyl groups excluding tert-OH is 1. The van der Waals surface area contributed by atoms with Crippen molar-refractivity contribution in [1.29, 1.82) is 0 Å². The monoisotopic (exact) mass is 273 g/mol. The first kappa shape index (κ1) is 15.6. The fraction of sp³-hybridized carbons (Fsp3) is 0.750. The molecule has 0 aromatic heterocycles. The third-order valence-corrected chi connectivity index (χ3v) is 2.92. The van der Waals surface area contributed by atoms with Crippen LogP contribution in [0.5, 0.6) is 0 Å². The van der Waals surface area contributed by atoms with Gasteiger partial charge in [0.2, 0.25) is 5.91 Å². The van der Waals surface area contributed by atoms with Crippen LogP contribution in [0.3, 0.4) is 0 Å². The quantitative estimate of drug-likeness (QED) is 0.476. The summed E-state index contributed by atoms with van der Waals surface area (Å²) in [5.41, 5.74) is -1.55. The fourth-order valence-electron chi connectivity index (χ4n) is 1.93. The highest BCUT2D eigenvalue weighted by Crippen LogP contribution is 2.31. The predicted octanol–water partition coefficient (Wildman–Crippen LogP) is -0.976. The van der Waals surface area contributed by atoms with E-state index in [-0.39, 0.29) is 51.6 Å². The van der Waals surface area contributed by atoms with E-state index in [4.69, 9.17) is 14.6 Å². The molecule has 19 heavy (non-hydrogen) atoms. The Hall–Kier alpha value is -1.47. The number of rotatable bonds is 6. The zero-order valence-corrected chi connectivity index (χ0v) is 10.9. The van der Waals surface area contributed by atoms with Gasteiger partial charge in [-0.15, -0.1) is 0 Å². The van der Waals surface area contributed by atoms with Crippen molar-refractivity contribution in [3.63, 3.8) is 0 Å². The van der Waals surface area contributed by atoms with Crippen LogP contribution in [0.4, 0.5) is 0 Å². The molecule has 1 atom stereocenters. The first-order valence-corrected chi connectivity index (χ1v) is 6.22. The van der Waals surface area contributed by atoms with Gasteiger partial charge in [-0.25, -0.2) is 0 Å². The third-order valence-electron chi connectivity index (χ3n) is 2.92. The maximum Gasteiger partial charge on any atom is 0.322 e. The molecular formula is C12H19NO6. The van der Waals surface area contributed by atoms with Crippen LogP contribution < -0.4 is 5.32 Å². The lowest BCUT2D eigenvalue weighted by Gasteiger charge is -2.32. The smallest absolute Gasteiger partial charge is 0.322 e. The molecule has 0 saturated carbocycles. The predicted molar refractivity (Wildman–Crippen MR) is 64.2 cm³/mol. The van der Waals surface area contributed by atoms with Gasteiger partial charge in [-0.2, -0.15) is 0 Å². The molecule has 1 rings (SSSR count). The topological polar surface area (TPSA) is 102 Å². The van der Waals surface area contributed by atoms with Crippen molar-refractivity contribution in [2.75, 3.05) is 33.0 Å². The summed E-state index contributed by atoms with van der Waals surface area (Å²) < 4.78 is 10.1. The van der Waals surface area contributed by atoms with Crippen molar-refractivity contribution in [3.8, 4) is 0 Å². The summed E-state index contributed by atoms with van der Waals surface area (Å²) >= 11 is 0. The maximum atomic E-state index is 12.0. The van der Waals surface area contributed by atoms with Gasteiger partial charge < -0.3 is 19.9 Å². The van der Waals surface area contributed by atoms with Crippen molar-refractivity contribution in [2.45, 2.75) is 19.8 Å². The van der Waals surface area contributed by atoms with E-state index >= 15 is 0 Å². The van der Waals surface area contributed by atoms with E-state index < -0.39 is 17.3 Å². The molecule has 1 fully saturated rings. The maximum absolute atomic E-state index is 12.0. The Balaban J connectivity index is 2.82. The number of carbonyl (C=O) groups is 3. The molecule has 1 heterocycles. The summed E-state index contributed by atoms with van der Waals surface area (Å²) in [4.78, 5) is 35.7. The number of nitrogens with one attached hydrogen (secondary N) is 1. The number of esters is 1. The normalized spacial score (nSPS) is 22.9. The van der Waals surface area contributed by atoms with E-state index in [0.717, 1.165) is 0 Å². The number of hydrogen-bond acceptors (Lipinski definition) is 6. The van der Waals surface area contributed by atoms with Gasteiger partial charge in [-0.3, -0.25) is 14.4 Å². The van der Waals surface area contributed by atoms with Gasteiger partial charge in [0.05, 0.1) is 32.8 Å². The molecule has 1 aliphatic heterocycles. The van der Waals surface area contributed by atoms with Gasteiger partial charge in [0.25, 0.3) is 0 Å². The van der Waals surface area contributed by atoms with Gasteiger partial charge in [-0.05, 0) is 6.92 Å². The minimum absolute atomic E-state index is 0.0762. The summed E-state index contributed by atoms with van der Waals surface area (Å²) in [5.74, 6) is -1.55. The van der Waals surface area contributed by atoms with Crippen molar-refractivity contribution in [3.05, 3.63) is 0 Å². The van der Waals surface area contributed by atoms with Gasteiger partial charge >= 0.3 is 5.97 Å². The molecule has 0 radical (unpaired) electrons. The average molecular weight is 273 g/mol. The molecule has 0 aromatic rings. The van der Waals surface area contributed by atoms with Crippen LogP contribution >= 0.6 is 0 Å². The summed E-state index contributed by atoms with van der Waals surface area (Å²) in [6.45, 7) is 1.74. The Labute approximate surface area is 111 Å². The van der Waals surface area contributed by atoms with Crippen LogP contribution in [0.2, 0.25) is 0 Å². The van der Waals surface area contributed by atoms with E-state index in [2.05, 4.69) is 5.32 Å². The lowest BCUT2D eigenvalue weighted by atomic mass is 9.78. The fourth-order valence-corrected chi connectivity index (χ4v) is 1.93. The highest BCUT2D eigenvalue weighted by atomic mass is 16.5. The van der Waals surface area contributed by atoms with E-state index in [9.17, 15) is 14.4 Å². The third kappa shape index (κ3) is 3.74. The molecule has 1 aliphatic rings. The van der Waals surface area contributed by atoms with Crippen LogP contribution in [-0.4, -0.2) is 55.7 Å². The molecule has 0 bridgehead atoms. The number of ether oxygens (including phenoxy) is 2. The summed E-state index contributed by atoms with van der Waals surface area (Å²) in [6, 6.07) is 0. The first-order valence-electron chi connectivity index (χ1n) is 6.22. The number of ketones is 1. The number of amides is 1. The van der Waals surface area contributed by atoms with Crippen LogP contribution in [-0.2, 0) is 23.9 Å². The number of aliphatic hydroxyl groups is 1. The molecular weight excluding hydrogens is 254 g/mol. The minimum Gasteiger partial charge on any atom is -0.465 e. The van der Waals surface area contributed by atoms with E-state index in [1.165, 1.54) is 0 Å². The SMILES string of the molecule is CCOC(=O)C1(CC(=O)NCCO)COCCC1=O. The molecule has 7 nitrogen and oxygen atoms in total. The molecule has 0 aliphatic carbocycles. The highest BCUT2D eigenvalue weighted by Gasteiger charge is 2.50. The van der Waals surface area contributed by atoms with Crippen molar-refractivity contribution < 1.29 is 29.0 Å². The molecule has 0 spiro atoms. The number of hydrogen-bond donors (Lipinski definition) is 2. The molecule has 1 unspecified atom stereocenters. The second-order valence-corrected chi connectivity index (χ2v) is 4.28. The van der Waals surface area contributed by atoms with Crippen molar-refractivity contribution in [2.24, 2.45) is 5.41 Å². The molecule has 7 heteroatoms. The molecule has 1 saturated heterocycles. The van der Waals surface area contributed by atoms with Crippen molar-refractivity contribution in [1.82, 2.24) is 5.32 Å².